The van der Waals surface area contributed by atoms with Gasteiger partial charge in [0.2, 0.25) is 15.4 Å². The highest BCUT2D eigenvalue weighted by Gasteiger charge is 2.24. The van der Waals surface area contributed by atoms with Crippen LogP contribution in [0.5, 0.6) is 0 Å². The summed E-state index contributed by atoms with van der Waals surface area (Å²) in [6.45, 7) is 1.70. The Morgan fingerprint density at radius 2 is 1.95 bits per heavy atom. The maximum Gasteiger partial charge on any atom is 0.423 e. The first kappa shape index (κ1) is 14.9. The first-order valence-corrected chi connectivity index (χ1v) is 7.09. The Bertz CT molecular complexity index is 589. The van der Waals surface area contributed by atoms with Gasteiger partial charge < -0.3 is 4.74 Å². The van der Waals surface area contributed by atoms with Crippen molar-refractivity contribution in [2.45, 2.75) is 12.7 Å². The second-order valence-corrected chi connectivity index (χ2v) is 5.69. The van der Waals surface area contributed by atoms with Crippen LogP contribution in [0.1, 0.15) is 12.5 Å². The van der Waals surface area contributed by atoms with Gasteiger partial charge in [0.25, 0.3) is 0 Å². The summed E-state index contributed by atoms with van der Waals surface area (Å²) in [4.78, 5) is 14.3. The molecule has 0 saturated carbocycles. The van der Waals surface area contributed by atoms with Crippen molar-refractivity contribution in [3.63, 3.8) is 0 Å². The molecule has 7 nitrogen and oxygen atoms in total. The number of diazo groups is 1. The largest absolute Gasteiger partial charge is 0.449 e. The van der Waals surface area contributed by atoms with Crippen LogP contribution in [0.3, 0.4) is 0 Å². The summed E-state index contributed by atoms with van der Waals surface area (Å²) in [6.07, 6.45) is -0.913. The number of amides is 1. The molecular formula is C11H14N3O4S+. The predicted molar refractivity (Wildman–Crippen MR) is 68.6 cm³/mol. The van der Waals surface area contributed by atoms with Crippen LogP contribution in [-0.2, 0) is 20.5 Å². The lowest BCUT2D eigenvalue weighted by molar-refractivity contribution is 0.136. The van der Waals surface area contributed by atoms with E-state index >= 15 is 0 Å². The molecule has 8 heteroatoms. The number of carbonyl (C=O) groups excluding carboxylic acids is 1. The van der Waals surface area contributed by atoms with Crippen LogP contribution < -0.4 is 0 Å². The standard InChI is InChI=1S/C11H14N3O4S/c1-3-18-11(15)14(2)19(16,17)8-9-4-6-10(13-12)7-5-9/h4-7H,3,8H2,1-2H3/q+1. The molecule has 1 amide bonds. The summed E-state index contributed by atoms with van der Waals surface area (Å²) in [5, 5.41) is 8.52. The van der Waals surface area contributed by atoms with Crippen LogP contribution in [0.4, 0.5) is 10.5 Å². The van der Waals surface area contributed by atoms with E-state index in [9.17, 15) is 13.2 Å². The molecule has 19 heavy (non-hydrogen) atoms. The smallest absolute Gasteiger partial charge is 0.423 e. The van der Waals surface area contributed by atoms with E-state index in [1.54, 1.807) is 6.92 Å². The zero-order chi connectivity index (χ0) is 14.5. The van der Waals surface area contributed by atoms with Crippen molar-refractivity contribution in [1.82, 2.24) is 4.31 Å². The van der Waals surface area contributed by atoms with E-state index in [-0.39, 0.29) is 12.4 Å². The fraction of sp³-hybridized carbons (Fsp3) is 0.364. The van der Waals surface area contributed by atoms with Gasteiger partial charge in [0, 0.05) is 19.2 Å². The van der Waals surface area contributed by atoms with Crippen LogP contribution in [0.15, 0.2) is 24.3 Å². The van der Waals surface area contributed by atoms with Gasteiger partial charge in [0.05, 0.1) is 12.4 Å². The average Bonchev–Trinajstić information content (AvgIpc) is 2.38. The fourth-order valence-corrected chi connectivity index (χ4v) is 2.38. The Hall–Kier alpha value is -2.14. The van der Waals surface area contributed by atoms with Gasteiger partial charge in [-0.3, -0.25) is 0 Å². The number of carbonyl (C=O) groups is 1. The highest BCUT2D eigenvalue weighted by Crippen LogP contribution is 2.16. The molecule has 0 radical (unpaired) electrons. The van der Waals surface area contributed by atoms with E-state index in [1.807, 2.05) is 0 Å². The lowest BCUT2D eigenvalue weighted by Crippen LogP contribution is -2.34. The Morgan fingerprint density at radius 1 is 1.37 bits per heavy atom. The third kappa shape index (κ3) is 3.93. The van der Waals surface area contributed by atoms with E-state index in [0.29, 0.717) is 15.6 Å². The van der Waals surface area contributed by atoms with Gasteiger partial charge in [-0.05, 0) is 24.6 Å². The van der Waals surface area contributed by atoms with E-state index in [1.165, 1.54) is 24.3 Å². The van der Waals surface area contributed by atoms with E-state index in [0.717, 1.165) is 7.05 Å². The summed E-state index contributed by atoms with van der Waals surface area (Å²) in [5.74, 6) is -0.339. The molecule has 0 aromatic heterocycles. The topological polar surface area (TPSA) is 91.8 Å². The predicted octanol–water partition coefficient (Wildman–Crippen LogP) is 2.09. The lowest BCUT2D eigenvalue weighted by atomic mass is 10.2. The zero-order valence-corrected chi connectivity index (χ0v) is 11.4. The fourth-order valence-electron chi connectivity index (χ4n) is 1.29. The highest BCUT2D eigenvalue weighted by molar-refractivity contribution is 7.88. The molecule has 1 aromatic carbocycles. The van der Waals surface area contributed by atoms with Crippen LogP contribution in [0, 0.1) is 5.39 Å². The van der Waals surface area contributed by atoms with Crippen molar-refractivity contribution >= 4 is 21.8 Å². The second-order valence-electron chi connectivity index (χ2n) is 3.69. The van der Waals surface area contributed by atoms with Crippen molar-refractivity contribution in [1.29, 1.82) is 5.39 Å². The third-order valence-electron chi connectivity index (χ3n) is 2.34. The summed E-state index contributed by atoms with van der Waals surface area (Å²) in [5.41, 5.74) is 0.795. The molecule has 0 saturated heterocycles. The van der Waals surface area contributed by atoms with Crippen molar-refractivity contribution < 1.29 is 17.9 Å². The van der Waals surface area contributed by atoms with Crippen LogP contribution >= 0.6 is 0 Å². The molecule has 0 unspecified atom stereocenters. The minimum atomic E-state index is -3.79. The van der Waals surface area contributed by atoms with Crippen molar-refractivity contribution in [2.24, 2.45) is 0 Å². The molecule has 0 heterocycles. The van der Waals surface area contributed by atoms with Crippen LogP contribution in [-0.4, -0.2) is 32.5 Å². The van der Waals surface area contributed by atoms with Gasteiger partial charge in [-0.25, -0.2) is 17.5 Å². The minimum absolute atomic E-state index is 0.103. The second kappa shape index (κ2) is 6.15. The van der Waals surface area contributed by atoms with Gasteiger partial charge in [-0.15, -0.1) is 0 Å². The molecule has 0 N–H and O–H groups in total. The normalized spacial score (nSPS) is 10.6. The maximum absolute atomic E-state index is 11.9. The first-order chi connectivity index (χ1) is 8.90. The average molecular weight is 284 g/mol. The maximum atomic E-state index is 11.9. The van der Waals surface area contributed by atoms with Crippen molar-refractivity contribution in [3.8, 4) is 0 Å². The molecule has 0 aliphatic carbocycles. The van der Waals surface area contributed by atoms with Crippen molar-refractivity contribution in [3.05, 3.63) is 34.8 Å². The van der Waals surface area contributed by atoms with Crippen LogP contribution in [0.2, 0.25) is 0 Å². The van der Waals surface area contributed by atoms with E-state index < -0.39 is 16.1 Å². The molecule has 0 atom stereocenters. The molecule has 0 spiro atoms. The van der Waals surface area contributed by atoms with Crippen molar-refractivity contribution in [2.75, 3.05) is 13.7 Å². The van der Waals surface area contributed by atoms with E-state index in [4.69, 9.17) is 5.39 Å². The Balaban J connectivity index is 2.84. The Labute approximate surface area is 111 Å². The van der Waals surface area contributed by atoms with Crippen LogP contribution in [0.25, 0.3) is 4.98 Å². The van der Waals surface area contributed by atoms with Gasteiger partial charge >= 0.3 is 11.8 Å². The van der Waals surface area contributed by atoms with E-state index in [2.05, 4.69) is 9.71 Å². The summed E-state index contributed by atoms with van der Waals surface area (Å²) >= 11 is 0. The third-order valence-corrected chi connectivity index (χ3v) is 4.02. The monoisotopic (exact) mass is 284 g/mol. The molecule has 0 aliphatic heterocycles. The number of hydrogen-bond donors (Lipinski definition) is 0. The SMILES string of the molecule is CCOC(=O)N(C)S(=O)(=O)Cc1ccc([N+]#N)cc1. The Morgan fingerprint density at radius 3 is 2.42 bits per heavy atom. The highest BCUT2D eigenvalue weighted by atomic mass is 32.2. The molecule has 1 aromatic rings. The molecule has 102 valence electrons. The molecule has 0 bridgehead atoms. The number of hydrogen-bond acceptors (Lipinski definition) is 5. The summed E-state index contributed by atoms with van der Waals surface area (Å²) in [7, 11) is -2.65. The van der Waals surface area contributed by atoms with Gasteiger partial charge in [-0.1, -0.05) is 0 Å². The number of benzene rings is 1. The lowest BCUT2D eigenvalue weighted by Gasteiger charge is -2.16. The summed E-state index contributed by atoms with van der Waals surface area (Å²) in [6, 6.07) is 5.95. The molecule has 1 rings (SSSR count). The molecular weight excluding hydrogens is 270 g/mol. The minimum Gasteiger partial charge on any atom is -0.449 e. The summed E-state index contributed by atoms with van der Waals surface area (Å²) < 4.78 is 29.0. The number of sulfonamides is 1. The number of nitrogens with zero attached hydrogens (tertiary/aromatic N) is 3. The van der Waals surface area contributed by atoms with Gasteiger partial charge in [0.1, 0.15) is 0 Å². The van der Waals surface area contributed by atoms with Gasteiger partial charge in [0.15, 0.2) is 4.98 Å². The molecule has 0 aliphatic rings. The number of rotatable bonds is 4. The Kier molecular flexibility index (Phi) is 4.83. The quantitative estimate of drug-likeness (QED) is 0.789. The molecule has 0 fully saturated rings. The number of ether oxygens (including phenoxy) is 1. The van der Waals surface area contributed by atoms with Gasteiger partial charge in [-0.2, -0.15) is 0 Å². The zero-order valence-electron chi connectivity index (χ0n) is 10.6. The first-order valence-electron chi connectivity index (χ1n) is 5.48.